The summed E-state index contributed by atoms with van der Waals surface area (Å²) >= 11 is 0. The van der Waals surface area contributed by atoms with E-state index in [1.54, 1.807) is 0 Å². The van der Waals surface area contributed by atoms with Crippen molar-refractivity contribution in [3.05, 3.63) is 29.3 Å². The van der Waals surface area contributed by atoms with Gasteiger partial charge >= 0.3 is 0 Å². The highest BCUT2D eigenvalue weighted by atomic mass is 16.5. The number of ether oxygens (including phenoxy) is 1. The van der Waals surface area contributed by atoms with Crippen LogP contribution in [0.1, 0.15) is 25.0 Å². The maximum Gasteiger partial charge on any atom is 0.0644 e. The topological polar surface area (TPSA) is 24.5 Å². The Bertz CT molecular complexity index is 364. The van der Waals surface area contributed by atoms with Gasteiger partial charge in [0.1, 0.15) is 0 Å². The summed E-state index contributed by atoms with van der Waals surface area (Å²) in [5.74, 6) is 0. The first-order valence-corrected chi connectivity index (χ1v) is 6.61. The van der Waals surface area contributed by atoms with Crippen LogP contribution in [0.15, 0.2) is 18.2 Å². The van der Waals surface area contributed by atoms with Crippen molar-refractivity contribution in [2.45, 2.75) is 33.4 Å². The summed E-state index contributed by atoms with van der Waals surface area (Å²) in [6.07, 6.45) is 0.304. The predicted molar refractivity (Wildman–Crippen MR) is 78.3 cm³/mol. The summed E-state index contributed by atoms with van der Waals surface area (Å²) in [5, 5.41) is 3.19. The van der Waals surface area contributed by atoms with Gasteiger partial charge in [-0.25, -0.2) is 0 Å². The number of nitrogens with one attached hydrogen (secondary N) is 1. The lowest BCUT2D eigenvalue weighted by atomic mass is 10.1. The molecule has 0 bridgehead atoms. The molecular formula is C15H26N2O. The molecule has 0 spiro atoms. The van der Waals surface area contributed by atoms with Gasteiger partial charge in [-0.1, -0.05) is 6.07 Å². The number of likely N-dealkylation sites (N-methyl/N-ethyl adjacent to an activating group) is 1. The van der Waals surface area contributed by atoms with E-state index in [1.165, 1.54) is 16.8 Å². The maximum absolute atomic E-state index is 5.57. The smallest absolute Gasteiger partial charge is 0.0644 e. The normalized spacial score (nSPS) is 11.0. The van der Waals surface area contributed by atoms with Crippen LogP contribution in [0.4, 0.5) is 5.69 Å². The first kappa shape index (κ1) is 15.0. The molecule has 0 aliphatic rings. The number of hydrogen-bond donors (Lipinski definition) is 1. The summed E-state index contributed by atoms with van der Waals surface area (Å²) in [6, 6.07) is 6.61. The summed E-state index contributed by atoms with van der Waals surface area (Å²) < 4.78 is 5.57. The number of nitrogens with zero attached hydrogens (tertiary/aromatic N) is 1. The predicted octanol–water partition coefficient (Wildman–Crippen LogP) is 2.58. The summed E-state index contributed by atoms with van der Waals surface area (Å²) in [7, 11) is 4.08. The Hall–Kier alpha value is -1.06. The van der Waals surface area contributed by atoms with Crippen molar-refractivity contribution in [3.8, 4) is 0 Å². The van der Waals surface area contributed by atoms with Crippen LogP contribution in [0.2, 0.25) is 0 Å². The molecule has 1 aromatic carbocycles. The number of rotatable bonds is 7. The third-order valence-corrected chi connectivity index (χ3v) is 3.01. The number of anilines is 1. The molecule has 0 aromatic heterocycles. The van der Waals surface area contributed by atoms with Crippen LogP contribution in [0.25, 0.3) is 0 Å². The van der Waals surface area contributed by atoms with Crippen molar-refractivity contribution in [3.63, 3.8) is 0 Å². The van der Waals surface area contributed by atoms with Crippen molar-refractivity contribution in [1.82, 2.24) is 5.32 Å². The largest absolute Gasteiger partial charge is 0.377 e. The van der Waals surface area contributed by atoms with E-state index in [0.29, 0.717) is 6.10 Å². The Morgan fingerprint density at radius 1 is 1.33 bits per heavy atom. The molecule has 0 aliphatic heterocycles. The molecule has 0 saturated carbocycles. The molecule has 0 saturated heterocycles. The number of hydrogen-bond acceptors (Lipinski definition) is 3. The van der Waals surface area contributed by atoms with Gasteiger partial charge in [-0.2, -0.15) is 0 Å². The zero-order valence-corrected chi connectivity index (χ0v) is 12.3. The molecule has 102 valence electrons. The van der Waals surface area contributed by atoms with Crippen molar-refractivity contribution in [1.29, 1.82) is 0 Å². The van der Waals surface area contributed by atoms with E-state index in [9.17, 15) is 0 Å². The van der Waals surface area contributed by atoms with Gasteiger partial charge < -0.3 is 15.0 Å². The molecule has 0 amide bonds. The minimum Gasteiger partial charge on any atom is -0.377 e. The molecule has 0 radical (unpaired) electrons. The van der Waals surface area contributed by atoms with E-state index < -0.39 is 0 Å². The van der Waals surface area contributed by atoms with Gasteiger partial charge in [0, 0.05) is 25.8 Å². The summed E-state index contributed by atoms with van der Waals surface area (Å²) in [6.45, 7) is 8.91. The maximum atomic E-state index is 5.57. The fourth-order valence-electron chi connectivity index (χ4n) is 1.86. The molecule has 1 N–H and O–H groups in total. The van der Waals surface area contributed by atoms with Gasteiger partial charge in [-0.05, 0) is 51.1 Å². The Morgan fingerprint density at radius 3 is 2.61 bits per heavy atom. The molecule has 0 heterocycles. The Morgan fingerprint density at radius 2 is 2.06 bits per heavy atom. The van der Waals surface area contributed by atoms with E-state index in [2.05, 4.69) is 56.2 Å². The quantitative estimate of drug-likeness (QED) is 0.805. The first-order valence-electron chi connectivity index (χ1n) is 6.61. The van der Waals surface area contributed by atoms with Crippen molar-refractivity contribution < 1.29 is 4.74 Å². The van der Waals surface area contributed by atoms with E-state index in [4.69, 9.17) is 4.74 Å². The van der Waals surface area contributed by atoms with Crippen LogP contribution < -0.4 is 10.2 Å². The Labute approximate surface area is 111 Å². The first-order chi connectivity index (χ1) is 8.54. The van der Waals surface area contributed by atoms with Crippen LogP contribution in [-0.4, -0.2) is 33.4 Å². The lowest BCUT2D eigenvalue weighted by Crippen LogP contribution is -2.24. The van der Waals surface area contributed by atoms with Crippen molar-refractivity contribution in [2.75, 3.05) is 32.1 Å². The van der Waals surface area contributed by atoms with E-state index in [-0.39, 0.29) is 0 Å². The fraction of sp³-hybridized carbons (Fsp3) is 0.600. The number of aryl methyl sites for hydroxylation is 1. The number of benzene rings is 1. The van der Waals surface area contributed by atoms with Crippen LogP contribution >= 0.6 is 0 Å². The highest BCUT2D eigenvalue weighted by Crippen LogP contribution is 2.18. The minimum absolute atomic E-state index is 0.304. The zero-order chi connectivity index (χ0) is 13.5. The molecular weight excluding hydrogens is 224 g/mol. The summed E-state index contributed by atoms with van der Waals surface area (Å²) in [4.78, 5) is 2.23. The molecule has 0 aliphatic carbocycles. The van der Waals surface area contributed by atoms with Gasteiger partial charge in [-0.3, -0.25) is 0 Å². The second-order valence-corrected chi connectivity index (χ2v) is 4.98. The van der Waals surface area contributed by atoms with Crippen LogP contribution in [0, 0.1) is 6.92 Å². The molecule has 0 unspecified atom stereocenters. The summed E-state index contributed by atoms with van der Waals surface area (Å²) in [5.41, 5.74) is 3.94. The molecule has 18 heavy (non-hydrogen) atoms. The second kappa shape index (κ2) is 7.39. The lowest BCUT2D eigenvalue weighted by Gasteiger charge is -2.21. The SMILES string of the molecule is CNCc1ccc(N(C)CCOC(C)C)cc1C. The molecule has 1 aromatic rings. The molecule has 0 atom stereocenters. The van der Waals surface area contributed by atoms with Crippen LogP contribution in [0.5, 0.6) is 0 Å². The standard InChI is InChI=1S/C15H26N2O/c1-12(2)18-9-8-17(5)15-7-6-14(11-16-4)13(3)10-15/h6-7,10,12,16H,8-9,11H2,1-5H3. The highest BCUT2D eigenvalue weighted by Gasteiger charge is 2.04. The second-order valence-electron chi connectivity index (χ2n) is 4.98. The van der Waals surface area contributed by atoms with Gasteiger partial charge in [0.25, 0.3) is 0 Å². The molecule has 3 nitrogen and oxygen atoms in total. The average Bonchev–Trinajstić information content (AvgIpc) is 2.31. The third-order valence-electron chi connectivity index (χ3n) is 3.01. The van der Waals surface area contributed by atoms with Crippen molar-refractivity contribution >= 4 is 5.69 Å². The molecule has 0 fully saturated rings. The Kier molecular flexibility index (Phi) is 6.16. The Balaban J connectivity index is 2.57. The van der Waals surface area contributed by atoms with Gasteiger partial charge in [0.15, 0.2) is 0 Å². The van der Waals surface area contributed by atoms with Crippen molar-refractivity contribution in [2.24, 2.45) is 0 Å². The average molecular weight is 250 g/mol. The lowest BCUT2D eigenvalue weighted by molar-refractivity contribution is 0.0846. The monoisotopic (exact) mass is 250 g/mol. The van der Waals surface area contributed by atoms with Crippen LogP contribution in [0.3, 0.4) is 0 Å². The van der Waals surface area contributed by atoms with E-state index in [0.717, 1.165) is 19.7 Å². The van der Waals surface area contributed by atoms with E-state index in [1.807, 2.05) is 7.05 Å². The molecule has 3 heteroatoms. The van der Waals surface area contributed by atoms with Gasteiger partial charge in [0.05, 0.1) is 12.7 Å². The van der Waals surface area contributed by atoms with Gasteiger partial charge in [0.2, 0.25) is 0 Å². The minimum atomic E-state index is 0.304. The fourth-order valence-corrected chi connectivity index (χ4v) is 1.86. The molecule has 1 rings (SSSR count). The third kappa shape index (κ3) is 4.67. The van der Waals surface area contributed by atoms with Crippen LogP contribution in [-0.2, 0) is 11.3 Å². The van der Waals surface area contributed by atoms with E-state index >= 15 is 0 Å². The zero-order valence-electron chi connectivity index (χ0n) is 12.3. The van der Waals surface area contributed by atoms with Gasteiger partial charge in [-0.15, -0.1) is 0 Å². The highest BCUT2D eigenvalue weighted by molar-refractivity contribution is 5.50.